The number of aromatic nitrogens is 1. The molecule has 2 aliphatic heterocycles. The van der Waals surface area contributed by atoms with Crippen LogP contribution in [0.4, 0.5) is 4.79 Å². The molecule has 2 fully saturated rings. The number of piperidine rings is 1. The van der Waals surface area contributed by atoms with Gasteiger partial charge in [-0.2, -0.15) is 0 Å². The number of nitrogens with zero attached hydrogens (tertiary/aromatic N) is 3. The van der Waals surface area contributed by atoms with Gasteiger partial charge in [-0.25, -0.2) is 14.7 Å². The highest BCUT2D eigenvalue weighted by Gasteiger charge is 2.45. The lowest BCUT2D eigenvalue weighted by Gasteiger charge is -2.32. The second-order valence-electron chi connectivity index (χ2n) is 6.51. The second-order valence-corrected chi connectivity index (χ2v) is 7.58. The number of amides is 4. The molecular formula is C17H19N4O3S+. The van der Waals surface area contributed by atoms with Crippen molar-refractivity contribution in [1.29, 1.82) is 0 Å². The number of carbonyl (C=O) groups excluding carboxylic acids is 3. The van der Waals surface area contributed by atoms with Crippen molar-refractivity contribution < 1.29 is 19.3 Å². The monoisotopic (exact) mass is 359 g/mol. The van der Waals surface area contributed by atoms with Crippen LogP contribution in [0.3, 0.4) is 0 Å². The molecule has 1 aromatic heterocycles. The van der Waals surface area contributed by atoms with Crippen LogP contribution in [-0.4, -0.2) is 52.9 Å². The number of thiazole rings is 1. The number of benzene rings is 1. The summed E-state index contributed by atoms with van der Waals surface area (Å²) in [6, 6.07) is 7.64. The lowest BCUT2D eigenvalue weighted by molar-refractivity contribution is -0.943. The number of imide groups is 2. The predicted molar refractivity (Wildman–Crippen MR) is 91.9 cm³/mol. The van der Waals surface area contributed by atoms with Crippen LogP contribution in [0, 0.1) is 0 Å². The van der Waals surface area contributed by atoms with Crippen LogP contribution >= 0.6 is 11.3 Å². The van der Waals surface area contributed by atoms with Gasteiger partial charge in [0.1, 0.15) is 6.04 Å². The largest absolute Gasteiger partial charge is 0.338 e. The van der Waals surface area contributed by atoms with E-state index in [2.05, 4.69) is 6.07 Å². The molecule has 2 aromatic rings. The Morgan fingerprint density at radius 3 is 2.72 bits per heavy atom. The van der Waals surface area contributed by atoms with Crippen molar-refractivity contribution in [2.24, 2.45) is 0 Å². The van der Waals surface area contributed by atoms with E-state index in [0.717, 1.165) is 55.7 Å². The van der Waals surface area contributed by atoms with Gasteiger partial charge in [-0.3, -0.25) is 14.5 Å². The van der Waals surface area contributed by atoms with E-state index < -0.39 is 17.8 Å². The van der Waals surface area contributed by atoms with Crippen molar-refractivity contribution in [3.63, 3.8) is 0 Å². The number of rotatable bonds is 3. The molecule has 7 nitrogen and oxygen atoms in total. The van der Waals surface area contributed by atoms with E-state index in [-0.39, 0.29) is 12.7 Å². The minimum absolute atomic E-state index is 0.146. The Kier molecular flexibility index (Phi) is 4.01. The molecule has 8 heteroatoms. The molecule has 2 atom stereocenters. The minimum Gasteiger partial charge on any atom is -0.309 e. The molecule has 1 aromatic carbocycles. The quantitative estimate of drug-likeness (QED) is 0.649. The molecule has 2 aliphatic rings. The van der Waals surface area contributed by atoms with Gasteiger partial charge in [-0.15, -0.1) is 11.3 Å². The van der Waals surface area contributed by atoms with Crippen molar-refractivity contribution in [2.45, 2.75) is 25.3 Å². The van der Waals surface area contributed by atoms with Crippen LogP contribution < -0.4 is 4.90 Å². The molecule has 0 aliphatic carbocycles. The maximum absolute atomic E-state index is 12.2. The molecular weight excluding hydrogens is 340 g/mol. The molecule has 1 N–H and O–H groups in total. The standard InChI is InChI=1S/C17H18N4O3S/c1-19-15(22)16(23)21(17(19)24)10-20-9-5-4-7-12(20)14-18-11-6-2-3-8-13(11)25-14/h2-3,6,8,12H,4-5,7,9-10H2,1H3/p+1/t12-/m1/s1. The summed E-state index contributed by atoms with van der Waals surface area (Å²) >= 11 is 1.67. The normalized spacial score (nSPS) is 24.6. The number of urea groups is 1. The highest BCUT2D eigenvalue weighted by Crippen LogP contribution is 2.28. The van der Waals surface area contributed by atoms with Gasteiger partial charge in [0, 0.05) is 13.5 Å². The molecule has 4 amide bonds. The first-order valence-corrected chi connectivity index (χ1v) is 9.21. The van der Waals surface area contributed by atoms with Crippen molar-refractivity contribution in [3.05, 3.63) is 29.3 Å². The number of hydrogen-bond acceptors (Lipinski definition) is 5. The van der Waals surface area contributed by atoms with Gasteiger partial charge in [0.25, 0.3) is 0 Å². The van der Waals surface area contributed by atoms with Gasteiger partial charge in [0.05, 0.1) is 16.8 Å². The van der Waals surface area contributed by atoms with Crippen LogP contribution in [0.5, 0.6) is 0 Å². The van der Waals surface area contributed by atoms with E-state index in [9.17, 15) is 14.4 Å². The molecule has 0 spiro atoms. The Labute approximate surface area is 148 Å². The fourth-order valence-electron chi connectivity index (χ4n) is 3.56. The highest BCUT2D eigenvalue weighted by atomic mass is 32.1. The van der Waals surface area contributed by atoms with Gasteiger partial charge in [-0.1, -0.05) is 12.1 Å². The molecule has 3 heterocycles. The SMILES string of the molecule is CN1C(=O)C(=O)N(C[NH+]2CCCC[C@@H]2c2nc3ccccc3s2)C1=O. The Balaban J connectivity index is 1.60. The fourth-order valence-corrected chi connectivity index (χ4v) is 4.72. The summed E-state index contributed by atoms with van der Waals surface area (Å²) in [5.74, 6) is -1.48. The summed E-state index contributed by atoms with van der Waals surface area (Å²) in [5.41, 5.74) is 0.982. The minimum atomic E-state index is -0.752. The third kappa shape index (κ3) is 2.71. The smallest absolute Gasteiger partial charge is 0.309 e. The first kappa shape index (κ1) is 16.2. The summed E-state index contributed by atoms with van der Waals surface area (Å²) in [5, 5.41) is 1.04. The third-order valence-corrected chi connectivity index (χ3v) is 6.10. The van der Waals surface area contributed by atoms with Crippen LogP contribution in [0.1, 0.15) is 30.3 Å². The number of fused-ring (bicyclic) bond motifs is 1. The number of nitrogens with one attached hydrogen (secondary N) is 1. The van der Waals surface area contributed by atoms with E-state index in [1.54, 1.807) is 11.3 Å². The van der Waals surface area contributed by atoms with E-state index in [1.165, 1.54) is 7.05 Å². The summed E-state index contributed by atoms with van der Waals surface area (Å²) in [6.07, 6.45) is 3.11. The maximum atomic E-state index is 12.2. The van der Waals surface area contributed by atoms with Gasteiger partial charge in [0.15, 0.2) is 11.7 Å². The van der Waals surface area contributed by atoms with E-state index >= 15 is 0 Å². The first-order valence-electron chi connectivity index (χ1n) is 8.40. The lowest BCUT2D eigenvalue weighted by Crippen LogP contribution is -3.14. The highest BCUT2D eigenvalue weighted by molar-refractivity contribution is 7.18. The molecule has 25 heavy (non-hydrogen) atoms. The maximum Gasteiger partial charge on any atom is 0.338 e. The molecule has 4 rings (SSSR count). The van der Waals surface area contributed by atoms with E-state index in [4.69, 9.17) is 4.98 Å². The number of likely N-dealkylation sites (tertiary alicyclic amines) is 1. The zero-order chi connectivity index (χ0) is 17.6. The van der Waals surface area contributed by atoms with Gasteiger partial charge >= 0.3 is 17.8 Å². The van der Waals surface area contributed by atoms with Crippen LogP contribution in [0.15, 0.2) is 24.3 Å². The Hall–Kier alpha value is -2.32. The molecule has 1 unspecified atom stereocenters. The van der Waals surface area contributed by atoms with Crippen LogP contribution in [0.25, 0.3) is 10.2 Å². The molecule has 130 valence electrons. The van der Waals surface area contributed by atoms with Crippen molar-refractivity contribution in [1.82, 2.24) is 14.8 Å². The Bertz CT molecular complexity index is 831. The van der Waals surface area contributed by atoms with Crippen LogP contribution in [0.2, 0.25) is 0 Å². The summed E-state index contributed by atoms with van der Waals surface area (Å²) < 4.78 is 1.14. The van der Waals surface area contributed by atoms with Crippen molar-refractivity contribution >= 4 is 39.4 Å². The second kappa shape index (κ2) is 6.20. The van der Waals surface area contributed by atoms with Crippen molar-refractivity contribution in [2.75, 3.05) is 20.3 Å². The average molecular weight is 359 g/mol. The first-order chi connectivity index (χ1) is 12.1. The van der Waals surface area contributed by atoms with Crippen molar-refractivity contribution in [3.8, 4) is 0 Å². The third-order valence-electron chi connectivity index (χ3n) is 4.95. The topological polar surface area (TPSA) is 75.0 Å². The van der Waals surface area contributed by atoms with E-state index in [1.807, 2.05) is 18.2 Å². The molecule has 0 radical (unpaired) electrons. The van der Waals surface area contributed by atoms with Gasteiger partial charge in [0.2, 0.25) is 0 Å². The Morgan fingerprint density at radius 2 is 2.00 bits per heavy atom. The average Bonchev–Trinajstić information content (AvgIpc) is 3.14. The number of quaternary nitrogens is 1. The fraction of sp³-hybridized carbons (Fsp3) is 0.412. The molecule has 0 saturated carbocycles. The zero-order valence-corrected chi connectivity index (χ0v) is 14.7. The zero-order valence-electron chi connectivity index (χ0n) is 13.9. The lowest BCUT2D eigenvalue weighted by atomic mass is 10.0. The molecule has 2 saturated heterocycles. The molecule has 0 bridgehead atoms. The summed E-state index contributed by atoms with van der Waals surface area (Å²) in [6.45, 7) is 1.07. The number of likely N-dealkylation sites (N-methyl/N-ethyl adjacent to an activating group) is 1. The Morgan fingerprint density at radius 1 is 1.20 bits per heavy atom. The predicted octanol–water partition coefficient (Wildman–Crippen LogP) is 0.784. The van der Waals surface area contributed by atoms with Crippen LogP contribution in [-0.2, 0) is 9.59 Å². The number of hydrogen-bond donors (Lipinski definition) is 1. The summed E-state index contributed by atoms with van der Waals surface area (Å²) in [4.78, 5) is 43.8. The van der Waals surface area contributed by atoms with E-state index in [0.29, 0.717) is 0 Å². The summed E-state index contributed by atoms with van der Waals surface area (Å²) in [7, 11) is 1.35. The number of para-hydroxylation sites is 1. The van der Waals surface area contributed by atoms with Gasteiger partial charge < -0.3 is 4.90 Å². The number of carbonyl (C=O) groups is 3. The van der Waals surface area contributed by atoms with Gasteiger partial charge in [-0.05, 0) is 25.0 Å².